The number of amides is 1. The van der Waals surface area contributed by atoms with Crippen molar-refractivity contribution in [2.45, 2.75) is 0 Å². The molecule has 2 aromatic rings. The second kappa shape index (κ2) is 6.01. The van der Waals surface area contributed by atoms with Crippen molar-refractivity contribution in [3.8, 4) is 5.75 Å². The Kier molecular flexibility index (Phi) is 3.91. The third-order valence-electron chi connectivity index (χ3n) is 3.79. The Morgan fingerprint density at radius 1 is 1.09 bits per heavy atom. The van der Waals surface area contributed by atoms with Crippen molar-refractivity contribution in [3.05, 3.63) is 54.1 Å². The molecule has 1 amide bonds. The number of benzene rings is 1. The van der Waals surface area contributed by atoms with E-state index in [-0.39, 0.29) is 23.0 Å². The third kappa shape index (κ3) is 2.86. The fourth-order valence-corrected chi connectivity index (χ4v) is 2.56. The molecule has 0 bridgehead atoms. The Hall–Kier alpha value is -2.63. The Bertz CT molecular complexity index is 667. The first-order valence-corrected chi connectivity index (χ1v) is 7.08. The molecule has 114 valence electrons. The van der Waals surface area contributed by atoms with Crippen LogP contribution < -0.4 is 4.90 Å². The average Bonchev–Trinajstić information content (AvgIpc) is 2.56. The maximum atomic E-state index is 12.9. The number of carbonyl (C=O) groups excluding carboxylic acids is 1. The minimum atomic E-state index is -0.259. The summed E-state index contributed by atoms with van der Waals surface area (Å²) in [6, 6.07) is 7.86. The first-order chi connectivity index (χ1) is 10.6. The molecule has 0 atom stereocenters. The lowest BCUT2D eigenvalue weighted by Gasteiger charge is -2.36. The van der Waals surface area contributed by atoms with Crippen LogP contribution in [0.15, 0.2) is 42.7 Å². The van der Waals surface area contributed by atoms with Gasteiger partial charge in [-0.2, -0.15) is 0 Å². The predicted molar refractivity (Wildman–Crippen MR) is 80.4 cm³/mol. The molecule has 1 N–H and O–H groups in total. The Morgan fingerprint density at radius 3 is 2.41 bits per heavy atom. The number of pyridine rings is 1. The van der Waals surface area contributed by atoms with Crippen LogP contribution >= 0.6 is 0 Å². The lowest BCUT2D eigenvalue weighted by atomic mass is 10.2. The highest BCUT2D eigenvalue weighted by atomic mass is 19.1. The number of hydrogen-bond acceptors (Lipinski definition) is 4. The van der Waals surface area contributed by atoms with Gasteiger partial charge in [0.05, 0.1) is 11.8 Å². The molecule has 0 aliphatic carbocycles. The molecule has 0 saturated carbocycles. The van der Waals surface area contributed by atoms with E-state index in [2.05, 4.69) is 9.88 Å². The lowest BCUT2D eigenvalue weighted by molar-refractivity contribution is 0.0743. The molecular formula is C16H16FN3O2. The number of rotatable bonds is 2. The number of aromatic nitrogens is 1. The zero-order valence-corrected chi connectivity index (χ0v) is 11.9. The summed E-state index contributed by atoms with van der Waals surface area (Å²) in [7, 11) is 0. The number of halogens is 1. The molecule has 0 radical (unpaired) electrons. The molecule has 1 aromatic heterocycles. The van der Waals surface area contributed by atoms with Gasteiger partial charge in [0.2, 0.25) is 0 Å². The van der Waals surface area contributed by atoms with Crippen molar-refractivity contribution >= 4 is 11.6 Å². The van der Waals surface area contributed by atoms with Crippen LogP contribution in [0.25, 0.3) is 0 Å². The molecule has 0 unspecified atom stereocenters. The number of anilines is 1. The van der Waals surface area contributed by atoms with E-state index < -0.39 is 0 Å². The van der Waals surface area contributed by atoms with E-state index in [0.717, 1.165) is 5.69 Å². The average molecular weight is 301 g/mol. The standard InChI is InChI=1S/C16H16FN3O2/c17-12-1-3-13(4-2-12)19-7-9-20(10-8-19)16(22)14-5-6-18-11-15(14)21/h1-6,11,21H,7-10H2. The van der Waals surface area contributed by atoms with Gasteiger partial charge in [0.1, 0.15) is 11.6 Å². The number of carbonyl (C=O) groups is 1. The van der Waals surface area contributed by atoms with Crippen LogP contribution in [0.2, 0.25) is 0 Å². The van der Waals surface area contributed by atoms with Crippen molar-refractivity contribution in [2.75, 3.05) is 31.1 Å². The quantitative estimate of drug-likeness (QED) is 0.920. The summed E-state index contributed by atoms with van der Waals surface area (Å²) >= 11 is 0. The fourth-order valence-electron chi connectivity index (χ4n) is 2.56. The Morgan fingerprint density at radius 2 is 1.77 bits per heavy atom. The van der Waals surface area contributed by atoms with Gasteiger partial charge < -0.3 is 14.9 Å². The molecule has 0 spiro atoms. The van der Waals surface area contributed by atoms with E-state index in [4.69, 9.17) is 0 Å². The minimum Gasteiger partial charge on any atom is -0.505 e. The summed E-state index contributed by atoms with van der Waals surface area (Å²) in [5.41, 5.74) is 1.21. The van der Waals surface area contributed by atoms with Crippen molar-refractivity contribution in [1.82, 2.24) is 9.88 Å². The summed E-state index contributed by atoms with van der Waals surface area (Å²) in [5, 5.41) is 9.71. The van der Waals surface area contributed by atoms with E-state index in [1.54, 1.807) is 17.0 Å². The van der Waals surface area contributed by atoms with Crippen molar-refractivity contribution in [2.24, 2.45) is 0 Å². The topological polar surface area (TPSA) is 56.7 Å². The van der Waals surface area contributed by atoms with Gasteiger partial charge in [-0.05, 0) is 30.3 Å². The highest BCUT2D eigenvalue weighted by Crippen LogP contribution is 2.20. The SMILES string of the molecule is O=C(c1ccncc1O)N1CCN(c2ccc(F)cc2)CC1. The van der Waals surface area contributed by atoms with Crippen LogP contribution in [0, 0.1) is 5.82 Å². The zero-order valence-electron chi connectivity index (χ0n) is 11.9. The van der Waals surface area contributed by atoms with Gasteiger partial charge in [-0.1, -0.05) is 0 Å². The zero-order chi connectivity index (χ0) is 15.5. The molecule has 2 heterocycles. The van der Waals surface area contributed by atoms with Crippen LogP contribution in [0.4, 0.5) is 10.1 Å². The molecule has 1 fully saturated rings. The van der Waals surface area contributed by atoms with Crippen molar-refractivity contribution in [1.29, 1.82) is 0 Å². The first-order valence-electron chi connectivity index (χ1n) is 7.08. The number of nitrogens with zero attached hydrogens (tertiary/aromatic N) is 3. The molecule has 1 saturated heterocycles. The van der Waals surface area contributed by atoms with E-state index >= 15 is 0 Å². The van der Waals surface area contributed by atoms with Gasteiger partial charge in [-0.25, -0.2) is 4.39 Å². The summed E-state index contributed by atoms with van der Waals surface area (Å²) in [4.78, 5) is 20.0. The molecular weight excluding hydrogens is 285 g/mol. The van der Waals surface area contributed by atoms with Crippen LogP contribution in [0.3, 0.4) is 0 Å². The summed E-state index contributed by atoms with van der Waals surface area (Å²) < 4.78 is 12.9. The summed E-state index contributed by atoms with van der Waals surface area (Å²) in [6.07, 6.45) is 2.75. The second-order valence-corrected chi connectivity index (χ2v) is 5.15. The molecule has 1 aliphatic heterocycles. The monoisotopic (exact) mass is 301 g/mol. The molecule has 6 heteroatoms. The van der Waals surface area contributed by atoms with Crippen molar-refractivity contribution < 1.29 is 14.3 Å². The van der Waals surface area contributed by atoms with Gasteiger partial charge in [0, 0.05) is 38.1 Å². The normalized spacial score (nSPS) is 15.0. The maximum absolute atomic E-state index is 12.9. The highest BCUT2D eigenvalue weighted by molar-refractivity contribution is 5.96. The van der Waals surface area contributed by atoms with Crippen LogP contribution in [0.1, 0.15) is 10.4 Å². The van der Waals surface area contributed by atoms with Crippen molar-refractivity contribution in [3.63, 3.8) is 0 Å². The molecule has 5 nitrogen and oxygen atoms in total. The molecule has 1 aliphatic rings. The fraction of sp³-hybridized carbons (Fsp3) is 0.250. The number of hydrogen-bond donors (Lipinski definition) is 1. The van der Waals surface area contributed by atoms with Crippen LogP contribution in [-0.2, 0) is 0 Å². The highest BCUT2D eigenvalue weighted by Gasteiger charge is 2.24. The van der Waals surface area contributed by atoms with E-state index in [1.165, 1.54) is 30.6 Å². The van der Waals surface area contributed by atoms with E-state index in [1.807, 2.05) is 0 Å². The smallest absolute Gasteiger partial charge is 0.257 e. The predicted octanol–water partition coefficient (Wildman–Crippen LogP) is 1.89. The van der Waals surface area contributed by atoms with E-state index in [9.17, 15) is 14.3 Å². The van der Waals surface area contributed by atoms with Gasteiger partial charge in [-0.15, -0.1) is 0 Å². The number of aromatic hydroxyl groups is 1. The van der Waals surface area contributed by atoms with Gasteiger partial charge in [-0.3, -0.25) is 9.78 Å². The second-order valence-electron chi connectivity index (χ2n) is 5.15. The maximum Gasteiger partial charge on any atom is 0.257 e. The first kappa shape index (κ1) is 14.3. The molecule has 22 heavy (non-hydrogen) atoms. The van der Waals surface area contributed by atoms with E-state index in [0.29, 0.717) is 26.2 Å². The van der Waals surface area contributed by atoms with Crippen LogP contribution in [-0.4, -0.2) is 47.1 Å². The van der Waals surface area contributed by atoms with Gasteiger partial charge in [0.25, 0.3) is 5.91 Å². The van der Waals surface area contributed by atoms with Crippen LogP contribution in [0.5, 0.6) is 5.75 Å². The van der Waals surface area contributed by atoms with Gasteiger partial charge >= 0.3 is 0 Å². The molecule has 3 rings (SSSR count). The third-order valence-corrected chi connectivity index (χ3v) is 3.79. The minimum absolute atomic E-state index is 0.103. The Balaban J connectivity index is 1.65. The summed E-state index contributed by atoms with van der Waals surface area (Å²) in [5.74, 6) is -0.558. The largest absolute Gasteiger partial charge is 0.505 e. The molecule has 1 aromatic carbocycles. The Labute approximate surface area is 127 Å². The van der Waals surface area contributed by atoms with Gasteiger partial charge in [0.15, 0.2) is 0 Å². The lowest BCUT2D eigenvalue weighted by Crippen LogP contribution is -2.48. The number of piperazine rings is 1. The summed E-state index contributed by atoms with van der Waals surface area (Å²) in [6.45, 7) is 2.45.